The van der Waals surface area contributed by atoms with E-state index in [1.54, 1.807) is 44.2 Å². The molecule has 2 aromatic carbocycles. The van der Waals surface area contributed by atoms with Gasteiger partial charge < -0.3 is 22.1 Å². The van der Waals surface area contributed by atoms with Crippen LogP contribution in [0.5, 0.6) is 0 Å². The molecular formula is C26H33N7O4S. The molecule has 0 aliphatic rings. The Hall–Kier alpha value is -4.19. The average molecular weight is 540 g/mol. The minimum Gasteiger partial charge on any atom is -0.399 e. The van der Waals surface area contributed by atoms with E-state index < -0.39 is 26.6 Å². The van der Waals surface area contributed by atoms with Gasteiger partial charge in [-0.15, -0.1) is 0 Å². The fraction of sp³-hybridized carbons (Fsp3) is 0.308. The molecule has 0 aliphatic carbocycles. The van der Waals surface area contributed by atoms with E-state index in [9.17, 15) is 18.0 Å². The summed E-state index contributed by atoms with van der Waals surface area (Å²) < 4.78 is 27.3. The second kappa shape index (κ2) is 11.9. The first-order chi connectivity index (χ1) is 18.0. The van der Waals surface area contributed by atoms with Crippen molar-refractivity contribution in [2.45, 2.75) is 50.4 Å². The van der Waals surface area contributed by atoms with E-state index in [1.165, 1.54) is 22.9 Å². The van der Waals surface area contributed by atoms with Gasteiger partial charge in [0.2, 0.25) is 5.91 Å². The van der Waals surface area contributed by atoms with Crippen molar-refractivity contribution in [2.75, 3.05) is 17.6 Å². The number of anilines is 2. The minimum absolute atomic E-state index is 0.0371. The first kappa shape index (κ1) is 28.4. The summed E-state index contributed by atoms with van der Waals surface area (Å²) in [6.45, 7) is 5.53. The molecule has 1 atom stereocenters. The normalized spacial score (nSPS) is 12.1. The molecule has 0 spiro atoms. The summed E-state index contributed by atoms with van der Waals surface area (Å²) >= 11 is 0. The number of sulfone groups is 1. The largest absolute Gasteiger partial charge is 0.399 e. The van der Waals surface area contributed by atoms with E-state index >= 15 is 0 Å². The second-order valence-corrected chi connectivity index (χ2v) is 11.2. The number of aromatic nitrogens is 2. The van der Waals surface area contributed by atoms with Crippen LogP contribution in [0.4, 0.5) is 11.5 Å². The number of hydrogen-bond donors (Lipinski definition) is 5. The van der Waals surface area contributed by atoms with Gasteiger partial charge in [-0.25, -0.2) is 13.4 Å². The van der Waals surface area contributed by atoms with Crippen LogP contribution in [0.25, 0.3) is 11.3 Å². The van der Waals surface area contributed by atoms with Gasteiger partial charge in [0.15, 0.2) is 15.7 Å². The maximum Gasteiger partial charge on any atom is 0.294 e. The smallest absolute Gasteiger partial charge is 0.294 e. The van der Waals surface area contributed by atoms with Crippen molar-refractivity contribution in [3.05, 3.63) is 70.1 Å². The van der Waals surface area contributed by atoms with Gasteiger partial charge >= 0.3 is 0 Å². The molecule has 7 N–H and O–H groups in total. The van der Waals surface area contributed by atoms with Crippen LogP contribution in [0.3, 0.4) is 0 Å². The highest BCUT2D eigenvalue weighted by atomic mass is 32.2. The number of carbonyl (C=O) groups excluding carboxylic acids is 1. The molecule has 0 saturated carbocycles. The Morgan fingerprint density at radius 2 is 1.84 bits per heavy atom. The zero-order chi connectivity index (χ0) is 28.0. The molecule has 1 amide bonds. The lowest BCUT2D eigenvalue weighted by molar-refractivity contribution is -0.121. The maximum atomic E-state index is 13.3. The van der Waals surface area contributed by atoms with E-state index in [2.05, 4.69) is 15.6 Å². The third-order valence-corrected chi connectivity index (χ3v) is 8.40. The molecule has 1 heterocycles. The molecule has 3 aromatic rings. The van der Waals surface area contributed by atoms with E-state index in [0.29, 0.717) is 24.1 Å². The van der Waals surface area contributed by atoms with Crippen molar-refractivity contribution in [1.29, 1.82) is 5.41 Å². The monoisotopic (exact) mass is 539 g/mol. The summed E-state index contributed by atoms with van der Waals surface area (Å²) in [7, 11) is -3.65. The zero-order valence-electron chi connectivity index (χ0n) is 21.6. The van der Waals surface area contributed by atoms with Crippen molar-refractivity contribution in [1.82, 2.24) is 14.9 Å². The molecule has 0 aliphatic heterocycles. The quantitative estimate of drug-likeness (QED) is 0.139. The van der Waals surface area contributed by atoms with Crippen LogP contribution in [-0.4, -0.2) is 41.5 Å². The van der Waals surface area contributed by atoms with Crippen LogP contribution in [0.15, 0.2) is 58.4 Å². The van der Waals surface area contributed by atoms with E-state index in [1.807, 2.05) is 6.92 Å². The predicted molar refractivity (Wildman–Crippen MR) is 149 cm³/mol. The highest BCUT2D eigenvalue weighted by Gasteiger charge is 2.24. The summed E-state index contributed by atoms with van der Waals surface area (Å²) in [4.78, 5) is 30.4. The molecule has 1 unspecified atom stereocenters. The second-order valence-electron chi connectivity index (χ2n) is 8.86. The number of nitrogens with zero attached hydrogens (tertiary/aromatic N) is 2. The third-order valence-electron chi connectivity index (χ3n) is 6.11. The highest BCUT2D eigenvalue weighted by molar-refractivity contribution is 7.92. The van der Waals surface area contributed by atoms with Crippen LogP contribution in [0, 0.1) is 5.41 Å². The van der Waals surface area contributed by atoms with Gasteiger partial charge in [-0.05, 0) is 44.0 Å². The molecule has 0 bridgehead atoms. The van der Waals surface area contributed by atoms with Crippen molar-refractivity contribution in [3.63, 3.8) is 0 Å². The van der Waals surface area contributed by atoms with Gasteiger partial charge in [-0.1, -0.05) is 31.2 Å². The molecule has 38 heavy (non-hydrogen) atoms. The minimum atomic E-state index is -3.65. The summed E-state index contributed by atoms with van der Waals surface area (Å²) in [5, 5.41) is 12.5. The Kier molecular flexibility index (Phi) is 8.89. The number of nitrogen functional groups attached to an aromatic ring is 2. The molecule has 0 radical (unpaired) electrons. The van der Waals surface area contributed by atoms with Crippen LogP contribution >= 0.6 is 0 Å². The molecule has 0 fully saturated rings. The fourth-order valence-corrected chi connectivity index (χ4v) is 5.25. The van der Waals surface area contributed by atoms with E-state index in [4.69, 9.17) is 16.9 Å². The molecule has 202 valence electrons. The van der Waals surface area contributed by atoms with Crippen LogP contribution < -0.4 is 27.7 Å². The number of benzene rings is 2. The van der Waals surface area contributed by atoms with E-state index in [0.717, 1.165) is 5.56 Å². The summed E-state index contributed by atoms with van der Waals surface area (Å²) in [6.07, 6.45) is 1.84. The number of nitrogens with one attached hydrogen (secondary N) is 3. The maximum absolute atomic E-state index is 13.3. The summed E-state index contributed by atoms with van der Waals surface area (Å²) in [5.41, 5.74) is 13.2. The molecule has 0 saturated heterocycles. The first-order valence-corrected chi connectivity index (χ1v) is 13.7. The molecule has 3 rings (SSSR count). The first-order valence-electron chi connectivity index (χ1n) is 12.2. The standard InChI is InChI=1S/C26H33N7O4S/c1-4-16(3)38(36,37)21-11-19(10-20(27)12-21)22-14-32-25(30-5-2)26(35)33(22)15-23(34)31-13-17-6-8-18(9-7-17)24(28)29/h6-12,14,16H,4-5,13,15,27H2,1-3H3,(H3,28,29)(H,30,32)(H,31,34). The fourth-order valence-electron chi connectivity index (χ4n) is 3.75. The number of amides is 1. The lowest BCUT2D eigenvalue weighted by atomic mass is 10.1. The lowest BCUT2D eigenvalue weighted by Gasteiger charge is -2.17. The topological polar surface area (TPSA) is 186 Å². The molecule has 1 aromatic heterocycles. The predicted octanol–water partition coefficient (Wildman–Crippen LogP) is 2.10. The van der Waals surface area contributed by atoms with Crippen LogP contribution in [0.1, 0.15) is 38.3 Å². The van der Waals surface area contributed by atoms with Gasteiger partial charge in [-0.2, -0.15) is 0 Å². The van der Waals surface area contributed by atoms with Crippen molar-refractivity contribution < 1.29 is 13.2 Å². The number of nitrogens with two attached hydrogens (primary N) is 2. The number of hydrogen-bond acceptors (Lipinski definition) is 8. The highest BCUT2D eigenvalue weighted by Crippen LogP contribution is 2.28. The van der Waals surface area contributed by atoms with Crippen molar-refractivity contribution in [2.24, 2.45) is 5.73 Å². The average Bonchev–Trinajstić information content (AvgIpc) is 2.89. The Labute approximate surface area is 221 Å². The number of rotatable bonds is 11. The SMILES string of the molecule is CCNc1ncc(-c2cc(N)cc(S(=O)(=O)C(C)CC)c2)n(CC(=O)NCc2ccc(C(=N)N)cc2)c1=O. The zero-order valence-corrected chi connectivity index (χ0v) is 22.4. The Bertz CT molecular complexity index is 1500. The van der Waals surface area contributed by atoms with Crippen molar-refractivity contribution in [3.8, 4) is 11.3 Å². The van der Waals surface area contributed by atoms with Crippen molar-refractivity contribution >= 4 is 33.1 Å². The lowest BCUT2D eigenvalue weighted by Crippen LogP contribution is -2.34. The third kappa shape index (κ3) is 6.38. The van der Waals surface area contributed by atoms with Gasteiger partial charge in [0.05, 0.1) is 22.0 Å². The van der Waals surface area contributed by atoms with Gasteiger partial charge in [-0.3, -0.25) is 19.6 Å². The van der Waals surface area contributed by atoms with Crippen LogP contribution in [-0.2, 0) is 27.7 Å². The number of amidine groups is 1. The molecule has 11 nitrogen and oxygen atoms in total. The Balaban J connectivity index is 1.97. The number of carbonyl (C=O) groups is 1. The Morgan fingerprint density at radius 1 is 1.16 bits per heavy atom. The van der Waals surface area contributed by atoms with Gasteiger partial charge in [0.25, 0.3) is 5.56 Å². The summed E-state index contributed by atoms with van der Waals surface area (Å²) in [5.74, 6) is -0.419. The summed E-state index contributed by atoms with van der Waals surface area (Å²) in [6, 6.07) is 11.2. The Morgan fingerprint density at radius 3 is 2.45 bits per heavy atom. The molecule has 12 heteroatoms. The van der Waals surface area contributed by atoms with E-state index in [-0.39, 0.29) is 41.0 Å². The van der Waals surface area contributed by atoms with Gasteiger partial charge in [0, 0.05) is 29.9 Å². The van der Waals surface area contributed by atoms with Crippen LogP contribution in [0.2, 0.25) is 0 Å². The van der Waals surface area contributed by atoms with Gasteiger partial charge in [0.1, 0.15) is 12.4 Å². The molecular weight excluding hydrogens is 506 g/mol.